The minimum absolute atomic E-state index is 0.0366. The van der Waals surface area contributed by atoms with Gasteiger partial charge in [0.05, 0.1) is 25.4 Å². The summed E-state index contributed by atoms with van der Waals surface area (Å²) >= 11 is 0. The summed E-state index contributed by atoms with van der Waals surface area (Å²) in [6.07, 6.45) is 7.04. The molecule has 0 aliphatic heterocycles. The average molecular weight is 342 g/mol. The maximum Gasteiger partial charge on any atom is 0.315 e. The molecule has 3 rings (SSSR count). The summed E-state index contributed by atoms with van der Waals surface area (Å²) in [5, 5.41) is 5.28. The zero-order valence-electron chi connectivity index (χ0n) is 14.1. The molecule has 2 heterocycles. The lowest BCUT2D eigenvalue weighted by Crippen LogP contribution is -2.45. The lowest BCUT2D eigenvalue weighted by molar-refractivity contribution is -0.132. The van der Waals surface area contributed by atoms with Gasteiger partial charge in [0.25, 0.3) is 0 Å². The van der Waals surface area contributed by atoms with Crippen molar-refractivity contribution in [1.29, 1.82) is 0 Å². The van der Waals surface area contributed by atoms with Crippen LogP contribution >= 0.6 is 0 Å². The van der Waals surface area contributed by atoms with E-state index in [4.69, 9.17) is 4.42 Å². The van der Waals surface area contributed by atoms with Crippen LogP contribution in [0.15, 0.2) is 47.3 Å². The van der Waals surface area contributed by atoms with Gasteiger partial charge in [-0.3, -0.25) is 9.78 Å². The first-order valence-corrected chi connectivity index (χ1v) is 8.40. The summed E-state index contributed by atoms with van der Waals surface area (Å²) in [6, 6.07) is 7.14. The Morgan fingerprint density at radius 3 is 2.80 bits per heavy atom. The van der Waals surface area contributed by atoms with Gasteiger partial charge in [-0.25, -0.2) is 4.79 Å². The van der Waals surface area contributed by atoms with Crippen LogP contribution in [0.4, 0.5) is 4.79 Å². The van der Waals surface area contributed by atoms with Gasteiger partial charge >= 0.3 is 6.03 Å². The SMILES string of the molecule is C[C@@H](c1cccnc1)N(C(=O)CNC(=O)NCc1ccco1)C1CC1. The molecule has 0 aromatic carbocycles. The number of furan rings is 1. The van der Waals surface area contributed by atoms with Crippen LogP contribution < -0.4 is 10.6 Å². The molecule has 1 aliphatic carbocycles. The molecule has 2 N–H and O–H groups in total. The molecule has 7 heteroatoms. The lowest BCUT2D eigenvalue weighted by atomic mass is 10.1. The van der Waals surface area contributed by atoms with Crippen LogP contribution in [0.2, 0.25) is 0 Å². The van der Waals surface area contributed by atoms with Crippen molar-refractivity contribution < 1.29 is 14.0 Å². The number of aromatic nitrogens is 1. The summed E-state index contributed by atoms with van der Waals surface area (Å²) in [6.45, 7) is 2.24. The third-order valence-corrected chi connectivity index (χ3v) is 4.22. The van der Waals surface area contributed by atoms with Crippen LogP contribution in [0, 0.1) is 0 Å². The first-order chi connectivity index (χ1) is 12.1. The van der Waals surface area contributed by atoms with Crippen LogP contribution in [0.5, 0.6) is 0 Å². The summed E-state index contributed by atoms with van der Waals surface area (Å²) in [4.78, 5) is 30.4. The number of carbonyl (C=O) groups excluding carboxylic acids is 2. The van der Waals surface area contributed by atoms with E-state index in [0.717, 1.165) is 18.4 Å². The van der Waals surface area contributed by atoms with Crippen LogP contribution in [0.25, 0.3) is 0 Å². The molecule has 0 bridgehead atoms. The highest BCUT2D eigenvalue weighted by Gasteiger charge is 2.36. The number of rotatable bonds is 7. The fourth-order valence-corrected chi connectivity index (χ4v) is 2.76. The van der Waals surface area contributed by atoms with E-state index in [1.807, 2.05) is 24.0 Å². The number of nitrogens with zero attached hydrogens (tertiary/aromatic N) is 2. The van der Waals surface area contributed by atoms with Crippen molar-refractivity contribution >= 4 is 11.9 Å². The van der Waals surface area contributed by atoms with Crippen LogP contribution in [-0.4, -0.2) is 34.4 Å². The summed E-state index contributed by atoms with van der Waals surface area (Å²) < 4.78 is 5.14. The molecule has 1 aliphatic rings. The first-order valence-electron chi connectivity index (χ1n) is 8.40. The van der Waals surface area contributed by atoms with Crippen molar-refractivity contribution in [3.8, 4) is 0 Å². The molecule has 0 spiro atoms. The van der Waals surface area contributed by atoms with Gasteiger partial charge in [-0.2, -0.15) is 0 Å². The molecule has 0 radical (unpaired) electrons. The molecule has 2 aromatic heterocycles. The van der Waals surface area contributed by atoms with Crippen molar-refractivity contribution in [2.45, 2.75) is 38.4 Å². The van der Waals surface area contributed by atoms with Gasteiger partial charge in [-0.05, 0) is 43.5 Å². The summed E-state index contributed by atoms with van der Waals surface area (Å²) in [5.74, 6) is 0.568. The maximum absolute atomic E-state index is 12.6. The summed E-state index contributed by atoms with van der Waals surface area (Å²) in [5.41, 5.74) is 0.991. The second kappa shape index (κ2) is 7.83. The zero-order valence-corrected chi connectivity index (χ0v) is 14.1. The molecular weight excluding hydrogens is 320 g/mol. The second-order valence-electron chi connectivity index (χ2n) is 6.11. The minimum atomic E-state index is -0.394. The molecule has 1 saturated carbocycles. The predicted octanol–water partition coefficient (Wildman–Crippen LogP) is 2.23. The maximum atomic E-state index is 12.6. The van der Waals surface area contributed by atoms with Crippen LogP contribution in [0.1, 0.15) is 37.1 Å². The molecule has 0 unspecified atom stereocenters. The number of carbonyl (C=O) groups is 2. The van der Waals surface area contributed by atoms with Gasteiger partial charge in [0, 0.05) is 18.4 Å². The molecular formula is C18H22N4O3. The topological polar surface area (TPSA) is 87.5 Å². The average Bonchev–Trinajstić information content (AvgIpc) is 3.32. The second-order valence-corrected chi connectivity index (χ2v) is 6.11. The van der Waals surface area contributed by atoms with E-state index in [-0.39, 0.29) is 31.1 Å². The Morgan fingerprint density at radius 1 is 1.32 bits per heavy atom. The number of nitrogens with one attached hydrogen (secondary N) is 2. The Bertz CT molecular complexity index is 698. The zero-order chi connectivity index (χ0) is 17.6. The van der Waals surface area contributed by atoms with Gasteiger partial charge in [0.15, 0.2) is 0 Å². The Morgan fingerprint density at radius 2 is 2.16 bits per heavy atom. The van der Waals surface area contributed by atoms with Crippen LogP contribution in [0.3, 0.4) is 0 Å². The highest BCUT2D eigenvalue weighted by molar-refractivity contribution is 5.84. The highest BCUT2D eigenvalue weighted by Crippen LogP contribution is 2.34. The number of hydrogen-bond donors (Lipinski definition) is 2. The summed E-state index contributed by atoms with van der Waals surface area (Å²) in [7, 11) is 0. The molecule has 1 fully saturated rings. The standard InChI is InChI=1S/C18H22N4O3/c1-13(14-4-2-8-19-10-14)22(15-6-7-15)17(23)12-21-18(24)20-11-16-5-3-9-25-16/h2-5,8-10,13,15H,6-7,11-12H2,1H3,(H2,20,21,24)/t13-/m0/s1. The van der Waals surface area contributed by atoms with Crippen molar-refractivity contribution in [2.24, 2.45) is 0 Å². The molecule has 132 valence electrons. The Labute approximate surface area is 146 Å². The van der Waals surface area contributed by atoms with Gasteiger partial charge in [0.1, 0.15) is 5.76 Å². The molecule has 2 aromatic rings. The third-order valence-electron chi connectivity index (χ3n) is 4.22. The minimum Gasteiger partial charge on any atom is -0.467 e. The smallest absolute Gasteiger partial charge is 0.315 e. The van der Waals surface area contributed by atoms with E-state index in [1.165, 1.54) is 0 Å². The van der Waals surface area contributed by atoms with Crippen molar-refractivity contribution in [3.05, 3.63) is 54.2 Å². The number of pyridine rings is 1. The number of hydrogen-bond acceptors (Lipinski definition) is 4. The fourth-order valence-electron chi connectivity index (χ4n) is 2.76. The van der Waals surface area contributed by atoms with E-state index in [0.29, 0.717) is 5.76 Å². The molecule has 25 heavy (non-hydrogen) atoms. The van der Waals surface area contributed by atoms with Gasteiger partial charge < -0.3 is 20.0 Å². The molecule has 7 nitrogen and oxygen atoms in total. The monoisotopic (exact) mass is 342 g/mol. The Kier molecular flexibility index (Phi) is 5.33. The largest absolute Gasteiger partial charge is 0.467 e. The molecule has 1 atom stereocenters. The van der Waals surface area contributed by atoms with Gasteiger partial charge in [0.2, 0.25) is 5.91 Å². The van der Waals surface area contributed by atoms with Crippen LogP contribution in [-0.2, 0) is 11.3 Å². The molecule has 0 saturated heterocycles. The van der Waals surface area contributed by atoms with Crippen molar-refractivity contribution in [2.75, 3.05) is 6.54 Å². The normalized spacial score (nSPS) is 14.6. The van der Waals surface area contributed by atoms with E-state index < -0.39 is 6.03 Å². The quantitative estimate of drug-likeness (QED) is 0.808. The number of urea groups is 1. The Balaban J connectivity index is 1.52. The highest BCUT2D eigenvalue weighted by atomic mass is 16.3. The van der Waals surface area contributed by atoms with Crippen molar-refractivity contribution in [3.63, 3.8) is 0 Å². The Hall–Kier alpha value is -2.83. The van der Waals surface area contributed by atoms with Gasteiger partial charge in [-0.1, -0.05) is 6.07 Å². The molecule has 3 amide bonds. The van der Waals surface area contributed by atoms with Crippen molar-refractivity contribution in [1.82, 2.24) is 20.5 Å². The fraction of sp³-hybridized carbons (Fsp3) is 0.389. The number of amides is 3. The van der Waals surface area contributed by atoms with E-state index in [1.54, 1.807) is 30.8 Å². The van der Waals surface area contributed by atoms with Gasteiger partial charge in [-0.15, -0.1) is 0 Å². The lowest BCUT2D eigenvalue weighted by Gasteiger charge is -2.29. The van der Waals surface area contributed by atoms with E-state index in [9.17, 15) is 9.59 Å². The van der Waals surface area contributed by atoms with E-state index in [2.05, 4.69) is 15.6 Å². The third kappa shape index (κ3) is 4.59. The predicted molar refractivity (Wildman–Crippen MR) is 91.5 cm³/mol. The van der Waals surface area contributed by atoms with E-state index >= 15 is 0 Å². The first kappa shape index (κ1) is 17.0.